The lowest BCUT2D eigenvalue weighted by Crippen LogP contribution is -2.77. The molecule has 0 aromatic heterocycles. The van der Waals surface area contributed by atoms with Gasteiger partial charge < -0.3 is 24.6 Å². The molecule has 3 aliphatic carbocycles. The van der Waals surface area contributed by atoms with Gasteiger partial charge in [0, 0.05) is 43.7 Å². The number of phenolic OH excluding ortho intramolecular Hbond substituents is 1. The maximum absolute atomic E-state index is 13.3. The molecule has 1 saturated heterocycles. The second-order valence-corrected chi connectivity index (χ2v) is 12.4. The number of piperidine rings is 1. The largest absolute Gasteiger partial charge is 0.573 e. The summed E-state index contributed by atoms with van der Waals surface area (Å²) in [5.41, 5.74) is 0.666. The Morgan fingerprint density at radius 2 is 2.07 bits per heavy atom. The molecular weight excluding hydrogens is 537 g/mol. The molecule has 7 nitrogen and oxygen atoms in total. The minimum absolute atomic E-state index is 0.0781. The van der Waals surface area contributed by atoms with Crippen molar-refractivity contribution in [1.82, 2.24) is 9.80 Å². The number of benzene rings is 2. The van der Waals surface area contributed by atoms with Crippen molar-refractivity contribution in [2.24, 2.45) is 5.92 Å². The first kappa shape index (κ1) is 26.6. The minimum Gasteiger partial charge on any atom is -0.504 e. The van der Waals surface area contributed by atoms with Gasteiger partial charge in [-0.1, -0.05) is 18.2 Å². The summed E-state index contributed by atoms with van der Waals surface area (Å²) >= 11 is 0. The van der Waals surface area contributed by atoms with Crippen LogP contribution >= 0.6 is 0 Å². The minimum atomic E-state index is -4.80. The van der Waals surface area contributed by atoms with Crippen LogP contribution < -0.4 is 9.47 Å². The van der Waals surface area contributed by atoms with E-state index >= 15 is 0 Å². The van der Waals surface area contributed by atoms with E-state index in [0.717, 1.165) is 30.6 Å². The van der Waals surface area contributed by atoms with Crippen LogP contribution in [0.1, 0.15) is 48.8 Å². The molecule has 7 rings (SSSR count). The fourth-order valence-electron chi connectivity index (χ4n) is 8.06. The van der Waals surface area contributed by atoms with Gasteiger partial charge in [0.2, 0.25) is 5.91 Å². The van der Waals surface area contributed by atoms with E-state index in [1.807, 2.05) is 6.07 Å². The number of aromatic hydroxyl groups is 1. The van der Waals surface area contributed by atoms with Gasteiger partial charge in [-0.25, -0.2) is 0 Å². The van der Waals surface area contributed by atoms with Crippen LogP contribution in [0.2, 0.25) is 0 Å². The zero-order valence-corrected chi connectivity index (χ0v) is 22.7. The zero-order valence-electron chi connectivity index (χ0n) is 22.7. The first-order valence-electron chi connectivity index (χ1n) is 14.3. The van der Waals surface area contributed by atoms with Crippen molar-refractivity contribution in [2.75, 3.05) is 20.1 Å². The van der Waals surface area contributed by atoms with E-state index in [2.05, 4.69) is 9.64 Å². The van der Waals surface area contributed by atoms with Crippen LogP contribution in [0.5, 0.6) is 17.2 Å². The molecule has 218 valence electrons. The van der Waals surface area contributed by atoms with Crippen molar-refractivity contribution in [3.05, 3.63) is 59.2 Å². The zero-order chi connectivity index (χ0) is 28.7. The topological polar surface area (TPSA) is 82.5 Å². The van der Waals surface area contributed by atoms with Gasteiger partial charge in [-0.2, -0.15) is 0 Å². The molecule has 5 atom stereocenters. The Bertz CT molecular complexity index is 1420. The summed E-state index contributed by atoms with van der Waals surface area (Å²) < 4.78 is 48.3. The van der Waals surface area contributed by atoms with Gasteiger partial charge in [0.15, 0.2) is 11.5 Å². The summed E-state index contributed by atoms with van der Waals surface area (Å²) in [6.45, 7) is 1.81. The molecule has 0 radical (unpaired) electrons. The lowest BCUT2D eigenvalue weighted by Gasteiger charge is -2.64. The first-order chi connectivity index (χ1) is 19.5. The maximum Gasteiger partial charge on any atom is 0.573 e. The van der Waals surface area contributed by atoms with E-state index in [1.54, 1.807) is 24.1 Å². The number of aliphatic hydroxyl groups is 1. The number of alkyl halides is 3. The summed E-state index contributed by atoms with van der Waals surface area (Å²) in [5.74, 6) is 0.519. The third kappa shape index (κ3) is 4.21. The summed E-state index contributed by atoms with van der Waals surface area (Å²) in [4.78, 5) is 17.4. The molecule has 2 aromatic rings. The van der Waals surface area contributed by atoms with E-state index in [0.29, 0.717) is 36.5 Å². The van der Waals surface area contributed by atoms with Gasteiger partial charge in [0.05, 0.1) is 11.0 Å². The average molecular weight is 571 g/mol. The van der Waals surface area contributed by atoms with E-state index < -0.39 is 23.5 Å². The number of ether oxygens (including phenoxy) is 2. The van der Waals surface area contributed by atoms with E-state index in [-0.39, 0.29) is 29.5 Å². The van der Waals surface area contributed by atoms with Gasteiger partial charge in [-0.3, -0.25) is 9.69 Å². The molecule has 1 amide bonds. The number of phenols is 1. The third-order valence-electron chi connectivity index (χ3n) is 10.1. The Hall–Kier alpha value is -3.24. The molecule has 5 aliphatic rings. The number of carbonyl (C=O) groups is 1. The van der Waals surface area contributed by atoms with Crippen molar-refractivity contribution in [1.29, 1.82) is 0 Å². The average Bonchev–Trinajstić information content (AvgIpc) is 3.66. The summed E-state index contributed by atoms with van der Waals surface area (Å²) in [6, 6.07) is 8.63. The molecule has 10 heteroatoms. The molecule has 41 heavy (non-hydrogen) atoms. The van der Waals surface area contributed by atoms with Crippen molar-refractivity contribution < 1.29 is 37.7 Å². The highest BCUT2D eigenvalue weighted by Crippen LogP contribution is 2.65. The predicted molar refractivity (Wildman–Crippen MR) is 144 cm³/mol. The maximum atomic E-state index is 13.3. The van der Waals surface area contributed by atoms with Crippen molar-refractivity contribution in [3.63, 3.8) is 0 Å². The monoisotopic (exact) mass is 570 g/mol. The van der Waals surface area contributed by atoms with Crippen LogP contribution in [0.15, 0.2) is 42.5 Å². The number of nitrogens with zero attached hydrogens (tertiary/aromatic N) is 2. The number of amides is 1. The molecule has 2 saturated carbocycles. The number of hydrogen-bond acceptors (Lipinski definition) is 6. The molecule has 2 N–H and O–H groups in total. The smallest absolute Gasteiger partial charge is 0.504 e. The Labute approximate surface area is 236 Å². The van der Waals surface area contributed by atoms with Crippen LogP contribution in [0.25, 0.3) is 6.08 Å². The number of hydrogen-bond donors (Lipinski definition) is 2. The summed E-state index contributed by atoms with van der Waals surface area (Å²) in [6.07, 6.45) is 2.27. The van der Waals surface area contributed by atoms with Crippen LogP contribution in [0.3, 0.4) is 0 Å². The van der Waals surface area contributed by atoms with Crippen LogP contribution in [0.4, 0.5) is 13.2 Å². The summed E-state index contributed by atoms with van der Waals surface area (Å²) in [7, 11) is 1.69. The fraction of sp³-hybridized carbons (Fsp3) is 0.516. The molecule has 2 heterocycles. The van der Waals surface area contributed by atoms with E-state index in [9.17, 15) is 28.2 Å². The molecule has 0 unspecified atom stereocenters. The standard InChI is InChI=1S/C31H33F3N2O5/c1-35(26(38)10-7-18-3-2-4-22(13-18)41-31(32,33)34)21-15-25-29-11-12-36(17-19-5-6-19)24(30(29,39)16-21)14-20-8-9-23(37)28(40-25)27(20)29/h2-4,7-10,13,19,21,24-25,37,39H,5-6,11-12,14-17H2,1H3/t21-,24+,25-,29+,30+/m0/s1. The molecular formula is C31H33F3N2O5. The SMILES string of the molecule is CN(C(=O)C=Cc1cccc(OC(F)(F)F)c1)[C@H]1C[C@@H]2Oc3c(O)ccc4c3[C@@]23CCN(CC2CC2)[C@H](C4)[C@]3(O)C1. The molecule has 3 fully saturated rings. The van der Waals surface area contributed by atoms with Gasteiger partial charge in [-0.05, 0) is 80.0 Å². The lowest BCUT2D eigenvalue weighted by molar-refractivity contribution is -0.274. The first-order valence-corrected chi connectivity index (χ1v) is 14.3. The number of rotatable bonds is 6. The number of likely N-dealkylation sites (tertiary alicyclic amines) is 1. The second kappa shape index (κ2) is 9.13. The van der Waals surface area contributed by atoms with Crippen molar-refractivity contribution in [3.8, 4) is 17.2 Å². The van der Waals surface area contributed by atoms with Crippen molar-refractivity contribution >= 4 is 12.0 Å². The Morgan fingerprint density at radius 3 is 2.83 bits per heavy atom. The van der Waals surface area contributed by atoms with Crippen LogP contribution in [-0.4, -0.2) is 76.2 Å². The normalized spacial score (nSPS) is 32.0. The predicted octanol–water partition coefficient (Wildman–Crippen LogP) is 4.40. The number of likely N-dealkylation sites (N-methyl/N-ethyl adjacent to an activating group) is 1. The lowest BCUT2D eigenvalue weighted by atomic mass is 9.48. The highest BCUT2D eigenvalue weighted by molar-refractivity contribution is 5.92. The van der Waals surface area contributed by atoms with E-state index in [4.69, 9.17) is 4.74 Å². The Morgan fingerprint density at radius 1 is 1.27 bits per heavy atom. The molecule has 2 aromatic carbocycles. The van der Waals surface area contributed by atoms with E-state index in [1.165, 1.54) is 43.2 Å². The Balaban J connectivity index is 1.17. The second-order valence-electron chi connectivity index (χ2n) is 12.4. The van der Waals surface area contributed by atoms with Crippen molar-refractivity contribution in [2.45, 2.75) is 74.1 Å². The molecule has 1 spiro atoms. The molecule has 2 bridgehead atoms. The van der Waals surface area contributed by atoms with Gasteiger partial charge in [0.1, 0.15) is 11.9 Å². The van der Waals surface area contributed by atoms with Crippen LogP contribution in [0, 0.1) is 5.92 Å². The van der Waals surface area contributed by atoms with Gasteiger partial charge in [0.25, 0.3) is 0 Å². The third-order valence-corrected chi connectivity index (χ3v) is 10.1. The number of carbonyl (C=O) groups excluding carboxylic acids is 1. The number of halogens is 3. The highest BCUT2D eigenvalue weighted by atomic mass is 19.4. The van der Waals surface area contributed by atoms with Gasteiger partial charge >= 0.3 is 6.36 Å². The van der Waals surface area contributed by atoms with Crippen LogP contribution in [-0.2, 0) is 16.6 Å². The highest BCUT2D eigenvalue weighted by Gasteiger charge is 2.72. The van der Waals surface area contributed by atoms with Gasteiger partial charge in [-0.15, -0.1) is 13.2 Å². The quantitative estimate of drug-likeness (QED) is 0.502. The fourth-order valence-corrected chi connectivity index (χ4v) is 8.06. The summed E-state index contributed by atoms with van der Waals surface area (Å²) in [5, 5.41) is 23.5. The Kier molecular flexibility index (Phi) is 5.93. The molecule has 2 aliphatic heterocycles.